The molecule has 2 fully saturated rings. The highest BCUT2D eigenvalue weighted by Gasteiger charge is 2.24. The minimum Gasteiger partial charge on any atom is -0.381 e. The Balaban J connectivity index is 1.52. The summed E-state index contributed by atoms with van der Waals surface area (Å²) in [4.78, 5) is 22.7. The third-order valence-electron chi connectivity index (χ3n) is 6.85. The molecule has 0 unspecified atom stereocenters. The van der Waals surface area contributed by atoms with Crippen LogP contribution in [0.2, 0.25) is 0 Å². The van der Waals surface area contributed by atoms with Crippen molar-refractivity contribution in [3.8, 4) is 17.1 Å². The molecular weight excluding hydrogens is 421 g/mol. The molecule has 0 bridgehead atoms. The molecule has 2 aliphatic rings. The van der Waals surface area contributed by atoms with E-state index < -0.39 is 0 Å². The smallest absolute Gasteiger partial charge is 0.333 e. The van der Waals surface area contributed by atoms with Gasteiger partial charge in [-0.15, -0.1) is 0 Å². The van der Waals surface area contributed by atoms with Crippen LogP contribution in [-0.2, 0) is 4.74 Å². The molecule has 1 aliphatic heterocycles. The van der Waals surface area contributed by atoms with Gasteiger partial charge in [0, 0.05) is 37.7 Å². The van der Waals surface area contributed by atoms with Gasteiger partial charge < -0.3 is 10.1 Å². The standard InChI is InChI=1S/C25H30FN5O2/c1-17-2-6-19(7-3-17)28-24-27-13-10-22(29-24)23-16-30(20-11-14-33-15-12-20)25(32)31(23)21-8-4-18(26)5-9-21/h4-5,8-10,13,16-17,19-20H,2-3,6-7,11-12,14-15H2,1H3,(H,27,28,29)/t17-,19-. The number of ether oxygens (including phenoxy) is 1. The summed E-state index contributed by atoms with van der Waals surface area (Å²) in [6.07, 6.45) is 9.78. The van der Waals surface area contributed by atoms with Gasteiger partial charge in [0.05, 0.1) is 17.1 Å². The van der Waals surface area contributed by atoms with Gasteiger partial charge in [0.1, 0.15) is 5.82 Å². The predicted octanol–water partition coefficient (Wildman–Crippen LogP) is 4.58. The van der Waals surface area contributed by atoms with E-state index in [1.807, 2.05) is 12.3 Å². The first-order chi connectivity index (χ1) is 16.1. The van der Waals surface area contributed by atoms with E-state index in [-0.39, 0.29) is 17.5 Å². The predicted molar refractivity (Wildman–Crippen MR) is 125 cm³/mol. The zero-order chi connectivity index (χ0) is 22.8. The van der Waals surface area contributed by atoms with Crippen molar-refractivity contribution < 1.29 is 9.13 Å². The zero-order valence-corrected chi connectivity index (χ0v) is 18.9. The van der Waals surface area contributed by atoms with E-state index in [1.165, 1.54) is 25.0 Å². The molecule has 1 aliphatic carbocycles. The number of hydrogen-bond donors (Lipinski definition) is 1. The van der Waals surface area contributed by atoms with Crippen molar-refractivity contribution in [2.45, 2.75) is 57.5 Å². The fourth-order valence-corrected chi connectivity index (χ4v) is 4.87. The number of aromatic nitrogens is 4. The van der Waals surface area contributed by atoms with Gasteiger partial charge in [-0.05, 0) is 74.8 Å². The number of rotatable bonds is 5. The molecule has 3 heterocycles. The maximum absolute atomic E-state index is 13.6. The van der Waals surface area contributed by atoms with Crippen LogP contribution in [0.4, 0.5) is 10.3 Å². The summed E-state index contributed by atoms with van der Waals surface area (Å²) in [5.41, 5.74) is 1.78. The Bertz CT molecular complexity index is 1140. The average Bonchev–Trinajstić information content (AvgIpc) is 3.19. The second-order valence-corrected chi connectivity index (χ2v) is 9.23. The van der Waals surface area contributed by atoms with Gasteiger partial charge >= 0.3 is 5.69 Å². The summed E-state index contributed by atoms with van der Waals surface area (Å²) in [7, 11) is 0. The van der Waals surface area contributed by atoms with Crippen LogP contribution in [0.1, 0.15) is 51.5 Å². The van der Waals surface area contributed by atoms with E-state index in [0.717, 1.165) is 31.6 Å². The van der Waals surface area contributed by atoms with Crippen LogP contribution in [0.15, 0.2) is 47.5 Å². The summed E-state index contributed by atoms with van der Waals surface area (Å²) >= 11 is 0. The summed E-state index contributed by atoms with van der Waals surface area (Å²) < 4.78 is 22.5. The van der Waals surface area contributed by atoms with Gasteiger partial charge in [-0.2, -0.15) is 0 Å². The third kappa shape index (κ3) is 4.71. The monoisotopic (exact) mass is 451 g/mol. The molecule has 0 atom stereocenters. The first-order valence-corrected chi connectivity index (χ1v) is 11.9. The second kappa shape index (κ2) is 9.47. The van der Waals surface area contributed by atoms with Crippen molar-refractivity contribution in [2.75, 3.05) is 18.5 Å². The van der Waals surface area contributed by atoms with Gasteiger partial charge in [-0.25, -0.2) is 19.2 Å². The van der Waals surface area contributed by atoms with Gasteiger partial charge in [0.2, 0.25) is 5.95 Å². The van der Waals surface area contributed by atoms with Gasteiger partial charge in [-0.3, -0.25) is 9.13 Å². The number of nitrogens with zero attached hydrogens (tertiary/aromatic N) is 4. The lowest BCUT2D eigenvalue weighted by Gasteiger charge is -2.26. The molecule has 5 rings (SSSR count). The number of hydrogen-bond acceptors (Lipinski definition) is 5. The number of benzene rings is 1. The lowest BCUT2D eigenvalue weighted by atomic mass is 9.87. The molecule has 1 saturated heterocycles. The molecule has 33 heavy (non-hydrogen) atoms. The van der Waals surface area contributed by atoms with E-state index in [1.54, 1.807) is 27.5 Å². The normalized spacial score (nSPS) is 21.8. The zero-order valence-electron chi connectivity index (χ0n) is 18.9. The van der Waals surface area contributed by atoms with Crippen LogP contribution in [0.3, 0.4) is 0 Å². The van der Waals surface area contributed by atoms with E-state index in [0.29, 0.717) is 42.3 Å². The van der Waals surface area contributed by atoms with Crippen LogP contribution in [0, 0.1) is 11.7 Å². The number of anilines is 1. The van der Waals surface area contributed by atoms with Crippen molar-refractivity contribution in [1.29, 1.82) is 0 Å². The minimum atomic E-state index is -0.340. The highest BCUT2D eigenvalue weighted by molar-refractivity contribution is 5.59. The van der Waals surface area contributed by atoms with Crippen LogP contribution < -0.4 is 11.0 Å². The van der Waals surface area contributed by atoms with Crippen molar-refractivity contribution in [3.05, 3.63) is 59.0 Å². The average molecular weight is 452 g/mol. The molecule has 1 aromatic carbocycles. The Morgan fingerprint density at radius 1 is 1.03 bits per heavy atom. The largest absolute Gasteiger partial charge is 0.381 e. The van der Waals surface area contributed by atoms with E-state index in [2.05, 4.69) is 17.2 Å². The minimum absolute atomic E-state index is 0.0651. The number of nitrogens with one attached hydrogen (secondary N) is 1. The Morgan fingerprint density at radius 2 is 1.76 bits per heavy atom. The fourth-order valence-electron chi connectivity index (χ4n) is 4.87. The molecule has 0 amide bonds. The molecule has 0 radical (unpaired) electrons. The van der Waals surface area contributed by atoms with Gasteiger partial charge in [0.15, 0.2) is 0 Å². The van der Waals surface area contributed by atoms with Crippen molar-refractivity contribution in [1.82, 2.24) is 19.1 Å². The third-order valence-corrected chi connectivity index (χ3v) is 6.85. The summed E-state index contributed by atoms with van der Waals surface area (Å²) in [5, 5.41) is 3.48. The summed E-state index contributed by atoms with van der Waals surface area (Å²) in [6, 6.07) is 8.23. The molecule has 174 valence electrons. The van der Waals surface area contributed by atoms with E-state index >= 15 is 0 Å². The van der Waals surface area contributed by atoms with Crippen molar-refractivity contribution in [3.63, 3.8) is 0 Å². The number of halogens is 1. The van der Waals surface area contributed by atoms with Crippen LogP contribution in [-0.4, -0.2) is 38.4 Å². The number of imidazole rings is 1. The second-order valence-electron chi connectivity index (χ2n) is 9.23. The quantitative estimate of drug-likeness (QED) is 0.615. The molecule has 1 saturated carbocycles. The Hall–Kier alpha value is -3.00. The fraction of sp³-hybridized carbons (Fsp3) is 0.480. The molecular formula is C25H30FN5O2. The lowest BCUT2D eigenvalue weighted by Crippen LogP contribution is -2.30. The van der Waals surface area contributed by atoms with Crippen LogP contribution in [0.5, 0.6) is 0 Å². The lowest BCUT2D eigenvalue weighted by molar-refractivity contribution is 0.0686. The van der Waals surface area contributed by atoms with Crippen molar-refractivity contribution in [2.24, 2.45) is 5.92 Å². The van der Waals surface area contributed by atoms with Crippen LogP contribution in [0.25, 0.3) is 17.1 Å². The van der Waals surface area contributed by atoms with Crippen molar-refractivity contribution >= 4 is 5.95 Å². The molecule has 8 heteroatoms. The van der Waals surface area contributed by atoms with Gasteiger partial charge in [-0.1, -0.05) is 6.92 Å². The summed E-state index contributed by atoms with van der Waals surface area (Å²) in [5.74, 6) is 1.00. The maximum atomic E-state index is 13.6. The Kier molecular flexibility index (Phi) is 6.26. The van der Waals surface area contributed by atoms with E-state index in [4.69, 9.17) is 9.72 Å². The Labute approximate surface area is 192 Å². The Morgan fingerprint density at radius 3 is 2.48 bits per heavy atom. The molecule has 2 aromatic heterocycles. The highest BCUT2D eigenvalue weighted by atomic mass is 19.1. The topological polar surface area (TPSA) is 74.0 Å². The summed E-state index contributed by atoms with van der Waals surface area (Å²) in [6.45, 7) is 3.57. The first kappa shape index (κ1) is 21.8. The maximum Gasteiger partial charge on any atom is 0.333 e. The SMILES string of the molecule is C[C@H]1CC[C@H](Nc2nccc(-c3cn(C4CCOCC4)c(=O)n3-c3ccc(F)cc3)n2)CC1. The molecule has 3 aromatic rings. The van der Waals surface area contributed by atoms with Gasteiger partial charge in [0.25, 0.3) is 0 Å². The molecule has 0 spiro atoms. The van der Waals surface area contributed by atoms with Crippen LogP contribution >= 0.6 is 0 Å². The van der Waals surface area contributed by atoms with E-state index in [9.17, 15) is 9.18 Å². The molecule has 1 N–H and O–H groups in total. The first-order valence-electron chi connectivity index (χ1n) is 11.9. The molecule has 7 nitrogen and oxygen atoms in total. The highest BCUT2D eigenvalue weighted by Crippen LogP contribution is 2.28.